The number of pyridine rings is 1. The van der Waals surface area contributed by atoms with Gasteiger partial charge in [-0.15, -0.1) is 0 Å². The minimum atomic E-state index is -2.46. The fourth-order valence-electron chi connectivity index (χ4n) is 3.01. The maximum absolute atomic E-state index is 13.1. The SMILES string of the molecule is FC1(F)CC2(CCN=C(c3ccc(Br)nc3)C2)C1. The van der Waals surface area contributed by atoms with Gasteiger partial charge in [-0.3, -0.25) is 4.99 Å². The molecule has 0 amide bonds. The van der Waals surface area contributed by atoms with E-state index in [4.69, 9.17) is 0 Å². The number of aromatic nitrogens is 1. The number of halogens is 3. The first kappa shape index (κ1) is 12.2. The van der Waals surface area contributed by atoms with Gasteiger partial charge in [-0.25, -0.2) is 13.8 Å². The highest BCUT2D eigenvalue weighted by atomic mass is 79.9. The third-order valence-corrected chi connectivity index (χ3v) is 4.28. The van der Waals surface area contributed by atoms with Crippen molar-refractivity contribution in [1.29, 1.82) is 0 Å². The van der Waals surface area contributed by atoms with Gasteiger partial charge in [0.15, 0.2) is 0 Å². The van der Waals surface area contributed by atoms with Gasteiger partial charge in [0.2, 0.25) is 5.92 Å². The van der Waals surface area contributed by atoms with Crippen molar-refractivity contribution in [1.82, 2.24) is 4.98 Å². The quantitative estimate of drug-likeness (QED) is 0.723. The van der Waals surface area contributed by atoms with Crippen LogP contribution in [0.2, 0.25) is 0 Å². The van der Waals surface area contributed by atoms with Gasteiger partial charge in [-0.2, -0.15) is 0 Å². The largest absolute Gasteiger partial charge is 0.289 e. The van der Waals surface area contributed by atoms with Crippen molar-refractivity contribution in [3.63, 3.8) is 0 Å². The van der Waals surface area contributed by atoms with Crippen LogP contribution in [-0.2, 0) is 0 Å². The van der Waals surface area contributed by atoms with Crippen LogP contribution < -0.4 is 0 Å². The van der Waals surface area contributed by atoms with Crippen LogP contribution in [0.3, 0.4) is 0 Å². The monoisotopic (exact) mass is 314 g/mol. The minimum Gasteiger partial charge on any atom is -0.289 e. The van der Waals surface area contributed by atoms with E-state index in [9.17, 15) is 8.78 Å². The number of nitrogens with zero attached hydrogens (tertiary/aromatic N) is 2. The molecule has 0 bridgehead atoms. The van der Waals surface area contributed by atoms with E-state index in [0.29, 0.717) is 13.0 Å². The van der Waals surface area contributed by atoms with Crippen molar-refractivity contribution in [3.8, 4) is 0 Å². The summed E-state index contributed by atoms with van der Waals surface area (Å²) in [5.74, 6) is -2.46. The highest BCUT2D eigenvalue weighted by Gasteiger charge is 2.56. The predicted octanol–water partition coefficient (Wildman–Crippen LogP) is 3.84. The Morgan fingerprint density at radius 2 is 2.00 bits per heavy atom. The molecule has 0 aromatic carbocycles. The first-order valence-corrected chi connectivity index (χ1v) is 6.81. The second-order valence-electron chi connectivity index (χ2n) is 5.33. The summed E-state index contributed by atoms with van der Waals surface area (Å²) in [5, 5.41) is 0. The molecule has 1 spiro atoms. The zero-order chi connectivity index (χ0) is 12.8. The summed E-state index contributed by atoms with van der Waals surface area (Å²) >= 11 is 3.28. The van der Waals surface area contributed by atoms with Crippen molar-refractivity contribution in [2.24, 2.45) is 10.4 Å². The number of hydrogen-bond donors (Lipinski definition) is 0. The van der Waals surface area contributed by atoms with Crippen LogP contribution in [-0.4, -0.2) is 23.2 Å². The molecule has 2 heterocycles. The molecular formula is C13H13BrF2N2. The van der Waals surface area contributed by atoms with Crippen LogP contribution in [0.1, 0.15) is 31.2 Å². The molecule has 3 rings (SSSR count). The van der Waals surface area contributed by atoms with E-state index in [2.05, 4.69) is 25.9 Å². The van der Waals surface area contributed by atoms with Gasteiger partial charge >= 0.3 is 0 Å². The van der Waals surface area contributed by atoms with E-state index in [-0.39, 0.29) is 18.3 Å². The second-order valence-corrected chi connectivity index (χ2v) is 6.15. The van der Waals surface area contributed by atoms with Crippen LogP contribution in [0, 0.1) is 5.41 Å². The molecule has 0 saturated heterocycles. The number of rotatable bonds is 1. The molecule has 0 unspecified atom stereocenters. The molecule has 1 saturated carbocycles. The Bertz CT molecular complexity index is 488. The zero-order valence-electron chi connectivity index (χ0n) is 9.80. The molecule has 0 atom stereocenters. The first-order chi connectivity index (χ1) is 8.48. The summed E-state index contributed by atoms with van der Waals surface area (Å²) in [4.78, 5) is 8.63. The van der Waals surface area contributed by atoms with Gasteiger partial charge < -0.3 is 0 Å². The number of alkyl halides is 2. The molecule has 0 radical (unpaired) electrons. The zero-order valence-corrected chi connectivity index (χ0v) is 11.4. The van der Waals surface area contributed by atoms with Gasteiger partial charge in [0.05, 0.1) is 0 Å². The van der Waals surface area contributed by atoms with E-state index in [1.54, 1.807) is 6.20 Å². The lowest BCUT2D eigenvalue weighted by Crippen LogP contribution is -2.49. The number of hydrogen-bond acceptors (Lipinski definition) is 2. The summed E-state index contributed by atoms with van der Waals surface area (Å²) in [6, 6.07) is 3.79. The molecular weight excluding hydrogens is 302 g/mol. The molecule has 0 N–H and O–H groups in total. The van der Waals surface area contributed by atoms with Gasteiger partial charge in [0, 0.05) is 36.9 Å². The van der Waals surface area contributed by atoms with E-state index in [0.717, 1.165) is 22.3 Å². The van der Waals surface area contributed by atoms with Crippen molar-refractivity contribution in [3.05, 3.63) is 28.5 Å². The summed E-state index contributed by atoms with van der Waals surface area (Å²) in [6.07, 6.45) is 3.23. The van der Waals surface area contributed by atoms with Crippen LogP contribution >= 0.6 is 15.9 Å². The standard InChI is InChI=1S/C13H13BrF2N2/c14-11-2-1-9(6-18-11)10-5-12(3-4-17-10)7-13(15,16)8-12/h1-2,6H,3-5,7-8H2. The summed E-state index contributed by atoms with van der Waals surface area (Å²) < 4.78 is 27.0. The lowest BCUT2D eigenvalue weighted by molar-refractivity contribution is -0.161. The average molecular weight is 315 g/mol. The van der Waals surface area contributed by atoms with E-state index in [1.165, 1.54) is 0 Å². The molecule has 1 fully saturated rings. The predicted molar refractivity (Wildman–Crippen MR) is 69.2 cm³/mol. The van der Waals surface area contributed by atoms with Crippen LogP contribution in [0.5, 0.6) is 0 Å². The topological polar surface area (TPSA) is 25.2 Å². The van der Waals surface area contributed by atoms with Crippen molar-refractivity contribution in [2.45, 2.75) is 31.6 Å². The smallest absolute Gasteiger partial charge is 0.249 e. The van der Waals surface area contributed by atoms with Crippen molar-refractivity contribution < 1.29 is 8.78 Å². The van der Waals surface area contributed by atoms with Crippen molar-refractivity contribution in [2.75, 3.05) is 6.54 Å². The molecule has 1 aliphatic heterocycles. The maximum Gasteiger partial charge on any atom is 0.249 e. The molecule has 96 valence electrons. The number of aliphatic imine (C=N–C) groups is 1. The summed E-state index contributed by atoms with van der Waals surface area (Å²) in [7, 11) is 0. The van der Waals surface area contributed by atoms with Gasteiger partial charge in [-0.1, -0.05) is 0 Å². The molecule has 5 heteroatoms. The molecule has 2 aliphatic rings. The highest BCUT2D eigenvalue weighted by Crippen LogP contribution is 2.57. The van der Waals surface area contributed by atoms with Crippen LogP contribution in [0.4, 0.5) is 8.78 Å². The molecule has 2 nitrogen and oxygen atoms in total. The Kier molecular flexibility index (Phi) is 2.77. The third-order valence-electron chi connectivity index (χ3n) is 3.82. The molecule has 1 aromatic heterocycles. The Hall–Kier alpha value is -0.840. The fourth-order valence-corrected chi connectivity index (χ4v) is 3.25. The third kappa shape index (κ3) is 2.20. The molecule has 1 aromatic rings. The Balaban J connectivity index is 1.79. The normalized spacial score (nSPS) is 24.5. The van der Waals surface area contributed by atoms with Crippen LogP contribution in [0.25, 0.3) is 0 Å². The van der Waals surface area contributed by atoms with E-state index < -0.39 is 5.92 Å². The van der Waals surface area contributed by atoms with Crippen molar-refractivity contribution >= 4 is 21.6 Å². The average Bonchev–Trinajstić information content (AvgIpc) is 2.27. The van der Waals surface area contributed by atoms with E-state index in [1.807, 2.05) is 12.1 Å². The first-order valence-electron chi connectivity index (χ1n) is 6.01. The molecule has 1 aliphatic carbocycles. The minimum absolute atomic E-state index is 0.0168. The van der Waals surface area contributed by atoms with Crippen LogP contribution in [0.15, 0.2) is 27.9 Å². The Morgan fingerprint density at radius 1 is 1.22 bits per heavy atom. The lowest BCUT2D eigenvalue weighted by Gasteiger charge is -2.49. The van der Waals surface area contributed by atoms with Gasteiger partial charge in [0.1, 0.15) is 4.60 Å². The summed E-state index contributed by atoms with van der Waals surface area (Å²) in [5.41, 5.74) is 1.66. The maximum atomic E-state index is 13.1. The Morgan fingerprint density at radius 3 is 2.61 bits per heavy atom. The Labute approximate surface area is 113 Å². The van der Waals surface area contributed by atoms with Gasteiger partial charge in [0.25, 0.3) is 0 Å². The second kappa shape index (κ2) is 4.08. The summed E-state index contributed by atoms with van der Waals surface area (Å²) in [6.45, 7) is 0.654. The van der Waals surface area contributed by atoms with Gasteiger partial charge in [-0.05, 0) is 46.3 Å². The lowest BCUT2D eigenvalue weighted by atomic mass is 9.60. The molecule has 18 heavy (non-hydrogen) atoms. The highest BCUT2D eigenvalue weighted by molar-refractivity contribution is 9.10. The fraction of sp³-hybridized carbons (Fsp3) is 0.538. The van der Waals surface area contributed by atoms with E-state index >= 15 is 0 Å².